The number of hydrogen-bond acceptors (Lipinski definition) is 6. The maximum absolute atomic E-state index is 5.58. The molecule has 6 heteroatoms. The highest BCUT2D eigenvalue weighted by Gasteiger charge is 2.15. The molecule has 2 N–H and O–H groups in total. The lowest BCUT2D eigenvalue weighted by molar-refractivity contribution is 0.120. The maximum atomic E-state index is 5.58. The predicted molar refractivity (Wildman–Crippen MR) is 86.5 cm³/mol. The minimum absolute atomic E-state index is 0.269. The molecule has 1 atom stereocenters. The first-order chi connectivity index (χ1) is 10.7. The minimum atomic E-state index is 0.269. The Morgan fingerprint density at radius 2 is 2.05 bits per heavy atom. The van der Waals surface area contributed by atoms with E-state index in [2.05, 4.69) is 57.9 Å². The standard InChI is InChI=1S/C16H21N5O/c1-11-6-12(2)8-13(7-11)19-16-20-15(10-18-21-16)17-9-14-4-3-5-22-14/h6-8,10,14H,3-5,9H2,1-2H3,(H2,17,19,20,21). The summed E-state index contributed by atoms with van der Waals surface area (Å²) in [6, 6.07) is 6.25. The van der Waals surface area contributed by atoms with Gasteiger partial charge < -0.3 is 15.4 Å². The second kappa shape index (κ2) is 6.70. The third-order valence-corrected chi connectivity index (χ3v) is 3.57. The van der Waals surface area contributed by atoms with Crippen LogP contribution in [0.15, 0.2) is 24.4 Å². The van der Waals surface area contributed by atoms with E-state index in [9.17, 15) is 0 Å². The highest BCUT2D eigenvalue weighted by atomic mass is 16.5. The molecule has 0 radical (unpaired) electrons. The normalized spacial score (nSPS) is 17.5. The Balaban J connectivity index is 1.65. The summed E-state index contributed by atoms with van der Waals surface area (Å²) in [6.07, 6.45) is 4.13. The van der Waals surface area contributed by atoms with Crippen LogP contribution in [-0.4, -0.2) is 34.4 Å². The lowest BCUT2D eigenvalue weighted by Crippen LogP contribution is -2.19. The molecule has 0 amide bonds. The molecule has 1 aliphatic heterocycles. The van der Waals surface area contributed by atoms with Crippen molar-refractivity contribution in [2.24, 2.45) is 0 Å². The molecule has 2 heterocycles. The van der Waals surface area contributed by atoms with Gasteiger partial charge in [0, 0.05) is 18.8 Å². The van der Waals surface area contributed by atoms with Crippen LogP contribution in [0.3, 0.4) is 0 Å². The summed E-state index contributed by atoms with van der Waals surface area (Å²) in [4.78, 5) is 4.44. The van der Waals surface area contributed by atoms with Crippen LogP contribution in [0, 0.1) is 13.8 Å². The summed E-state index contributed by atoms with van der Waals surface area (Å²) in [5.41, 5.74) is 3.36. The second-order valence-corrected chi connectivity index (χ2v) is 5.68. The SMILES string of the molecule is Cc1cc(C)cc(Nc2nncc(NCC3CCCO3)n2)c1. The first-order valence-electron chi connectivity index (χ1n) is 7.59. The number of rotatable bonds is 5. The molecular weight excluding hydrogens is 278 g/mol. The van der Waals surface area contributed by atoms with E-state index in [1.54, 1.807) is 6.20 Å². The van der Waals surface area contributed by atoms with Crippen molar-refractivity contribution in [3.63, 3.8) is 0 Å². The van der Waals surface area contributed by atoms with Gasteiger partial charge >= 0.3 is 0 Å². The van der Waals surface area contributed by atoms with Crippen molar-refractivity contribution in [2.75, 3.05) is 23.8 Å². The van der Waals surface area contributed by atoms with Crippen LogP contribution < -0.4 is 10.6 Å². The third-order valence-electron chi connectivity index (χ3n) is 3.57. The fraction of sp³-hybridized carbons (Fsp3) is 0.438. The molecule has 1 saturated heterocycles. The van der Waals surface area contributed by atoms with Crippen molar-refractivity contribution in [1.82, 2.24) is 15.2 Å². The predicted octanol–water partition coefficient (Wildman–Crippen LogP) is 2.82. The van der Waals surface area contributed by atoms with E-state index in [4.69, 9.17) is 4.74 Å². The van der Waals surface area contributed by atoms with Crippen LogP contribution in [0.25, 0.3) is 0 Å². The van der Waals surface area contributed by atoms with Gasteiger partial charge in [0.1, 0.15) is 0 Å². The van der Waals surface area contributed by atoms with Crippen molar-refractivity contribution >= 4 is 17.5 Å². The van der Waals surface area contributed by atoms with Gasteiger partial charge in [-0.05, 0) is 49.9 Å². The van der Waals surface area contributed by atoms with E-state index in [0.717, 1.165) is 31.7 Å². The smallest absolute Gasteiger partial charge is 0.249 e. The van der Waals surface area contributed by atoms with Crippen LogP contribution in [0.1, 0.15) is 24.0 Å². The van der Waals surface area contributed by atoms with E-state index >= 15 is 0 Å². The number of ether oxygens (including phenoxy) is 1. The number of anilines is 3. The first-order valence-corrected chi connectivity index (χ1v) is 7.59. The van der Waals surface area contributed by atoms with E-state index in [0.29, 0.717) is 11.8 Å². The highest BCUT2D eigenvalue weighted by Crippen LogP contribution is 2.18. The van der Waals surface area contributed by atoms with Crippen molar-refractivity contribution in [3.05, 3.63) is 35.5 Å². The molecule has 1 aromatic heterocycles. The molecule has 116 valence electrons. The van der Waals surface area contributed by atoms with Crippen LogP contribution in [0.4, 0.5) is 17.5 Å². The van der Waals surface area contributed by atoms with Crippen LogP contribution in [-0.2, 0) is 4.74 Å². The zero-order chi connectivity index (χ0) is 15.4. The zero-order valence-corrected chi connectivity index (χ0v) is 13.0. The Labute approximate surface area is 130 Å². The van der Waals surface area contributed by atoms with Gasteiger partial charge in [0.25, 0.3) is 0 Å². The molecule has 6 nitrogen and oxygen atoms in total. The second-order valence-electron chi connectivity index (χ2n) is 5.68. The number of aromatic nitrogens is 3. The number of hydrogen-bond donors (Lipinski definition) is 2. The molecule has 22 heavy (non-hydrogen) atoms. The van der Waals surface area contributed by atoms with Crippen molar-refractivity contribution in [1.29, 1.82) is 0 Å². The molecule has 1 aliphatic rings. The molecule has 0 aliphatic carbocycles. The Morgan fingerprint density at radius 3 is 2.77 bits per heavy atom. The number of benzene rings is 1. The van der Waals surface area contributed by atoms with Crippen molar-refractivity contribution in [2.45, 2.75) is 32.8 Å². The van der Waals surface area contributed by atoms with Gasteiger partial charge in [0.15, 0.2) is 5.82 Å². The molecular formula is C16H21N5O. The van der Waals surface area contributed by atoms with Crippen LogP contribution in [0.2, 0.25) is 0 Å². The van der Waals surface area contributed by atoms with E-state index in [1.807, 2.05) is 0 Å². The summed E-state index contributed by atoms with van der Waals surface area (Å²) in [6.45, 7) is 5.74. The molecule has 3 rings (SSSR count). The monoisotopic (exact) mass is 299 g/mol. The lowest BCUT2D eigenvalue weighted by Gasteiger charge is -2.12. The molecule has 1 unspecified atom stereocenters. The Hall–Kier alpha value is -2.21. The summed E-state index contributed by atoms with van der Waals surface area (Å²) < 4.78 is 5.58. The molecule has 1 fully saturated rings. The molecule has 1 aromatic carbocycles. The van der Waals surface area contributed by atoms with E-state index in [1.165, 1.54) is 11.1 Å². The lowest BCUT2D eigenvalue weighted by atomic mass is 10.1. The van der Waals surface area contributed by atoms with Gasteiger partial charge in [0.05, 0.1) is 12.3 Å². The van der Waals surface area contributed by atoms with E-state index < -0.39 is 0 Å². The summed E-state index contributed by atoms with van der Waals surface area (Å²) >= 11 is 0. The minimum Gasteiger partial charge on any atom is -0.376 e. The third kappa shape index (κ3) is 3.92. The number of nitrogens with one attached hydrogen (secondary N) is 2. The molecule has 0 spiro atoms. The van der Waals surface area contributed by atoms with Crippen LogP contribution in [0.5, 0.6) is 0 Å². The Morgan fingerprint density at radius 1 is 1.23 bits per heavy atom. The average Bonchev–Trinajstić information content (AvgIpc) is 2.98. The van der Waals surface area contributed by atoms with Crippen LogP contribution >= 0.6 is 0 Å². The van der Waals surface area contributed by atoms with Crippen molar-refractivity contribution in [3.8, 4) is 0 Å². The van der Waals surface area contributed by atoms with Gasteiger partial charge in [-0.3, -0.25) is 0 Å². The van der Waals surface area contributed by atoms with Crippen molar-refractivity contribution < 1.29 is 4.74 Å². The fourth-order valence-corrected chi connectivity index (χ4v) is 2.64. The summed E-state index contributed by atoms with van der Waals surface area (Å²) in [7, 11) is 0. The molecule has 0 bridgehead atoms. The van der Waals surface area contributed by atoms with Gasteiger partial charge in [0.2, 0.25) is 5.95 Å². The first kappa shape index (κ1) is 14.7. The number of nitrogens with zero attached hydrogens (tertiary/aromatic N) is 3. The average molecular weight is 299 g/mol. The topological polar surface area (TPSA) is 72.0 Å². The fourth-order valence-electron chi connectivity index (χ4n) is 2.64. The Kier molecular flexibility index (Phi) is 4.48. The van der Waals surface area contributed by atoms with Gasteiger partial charge in [-0.15, -0.1) is 5.10 Å². The number of aryl methyl sites for hydroxylation is 2. The summed E-state index contributed by atoms with van der Waals surface area (Å²) in [5.74, 6) is 1.19. The Bertz CT molecular complexity index is 620. The highest BCUT2D eigenvalue weighted by molar-refractivity contribution is 5.56. The molecule has 2 aromatic rings. The zero-order valence-electron chi connectivity index (χ0n) is 13.0. The van der Waals surface area contributed by atoms with E-state index in [-0.39, 0.29) is 6.10 Å². The quantitative estimate of drug-likeness (QED) is 0.884. The van der Waals surface area contributed by atoms with Gasteiger partial charge in [-0.25, -0.2) is 0 Å². The van der Waals surface area contributed by atoms with Gasteiger partial charge in [-0.1, -0.05) is 6.07 Å². The molecule has 0 saturated carbocycles. The largest absolute Gasteiger partial charge is 0.376 e. The maximum Gasteiger partial charge on any atom is 0.249 e. The summed E-state index contributed by atoms with van der Waals surface area (Å²) in [5, 5.41) is 14.5. The van der Waals surface area contributed by atoms with Gasteiger partial charge in [-0.2, -0.15) is 10.1 Å².